The molecule has 0 saturated carbocycles. The van der Waals surface area contributed by atoms with Crippen LogP contribution in [-0.4, -0.2) is 22.8 Å². The van der Waals surface area contributed by atoms with Crippen LogP contribution in [-0.2, 0) is 27.2 Å². The minimum atomic E-state index is -0.522. The molecule has 0 saturated heterocycles. The zero-order valence-electron chi connectivity index (χ0n) is 18.2. The van der Waals surface area contributed by atoms with Gasteiger partial charge in [-0.2, -0.15) is 0 Å². The lowest BCUT2D eigenvalue weighted by Crippen LogP contribution is -2.25. The van der Waals surface area contributed by atoms with Crippen LogP contribution in [0, 0.1) is 0 Å². The number of carbonyl (C=O) groups is 2. The topological polar surface area (TPSA) is 71.9 Å². The van der Waals surface area contributed by atoms with E-state index in [1.807, 2.05) is 53.9 Å². The van der Waals surface area contributed by atoms with Gasteiger partial charge in [-0.25, -0.2) is 14.8 Å². The number of benzene rings is 2. The number of cyclic esters (lactones) is 1. The molecule has 0 spiro atoms. The number of carbonyl (C=O) groups excluding carboxylic acids is 2. The molecule has 2 heterocycles. The van der Waals surface area contributed by atoms with Crippen LogP contribution in [0.4, 0.5) is 10.8 Å². The molecule has 32 heavy (non-hydrogen) atoms. The highest BCUT2D eigenvalue weighted by atomic mass is 32.1. The Labute approximate surface area is 190 Å². The predicted octanol–water partition coefficient (Wildman–Crippen LogP) is 5.30. The molecular weight excluding hydrogens is 422 g/mol. The highest BCUT2D eigenvalue weighted by Gasteiger charge is 2.26. The van der Waals surface area contributed by atoms with Gasteiger partial charge in [-0.3, -0.25) is 9.69 Å². The van der Waals surface area contributed by atoms with E-state index >= 15 is 0 Å². The minimum Gasteiger partial charge on any atom is -0.402 e. The Hall–Kier alpha value is -3.58. The van der Waals surface area contributed by atoms with Gasteiger partial charge in [-0.15, -0.1) is 11.3 Å². The van der Waals surface area contributed by atoms with Crippen LogP contribution in [0.3, 0.4) is 0 Å². The van der Waals surface area contributed by atoms with Gasteiger partial charge in [0.2, 0.25) is 11.8 Å². The minimum absolute atomic E-state index is 0.112. The number of rotatable bonds is 6. The third kappa shape index (κ3) is 4.24. The highest BCUT2D eigenvalue weighted by Crippen LogP contribution is 2.35. The van der Waals surface area contributed by atoms with Crippen molar-refractivity contribution in [2.24, 2.45) is 4.99 Å². The average molecular weight is 446 g/mol. The van der Waals surface area contributed by atoms with Crippen LogP contribution in [0.5, 0.6) is 0 Å². The third-order valence-corrected chi connectivity index (χ3v) is 5.97. The van der Waals surface area contributed by atoms with Gasteiger partial charge >= 0.3 is 5.97 Å². The van der Waals surface area contributed by atoms with E-state index in [9.17, 15) is 9.59 Å². The number of thiazole rings is 1. The number of nitrogens with zero attached hydrogens (tertiary/aromatic N) is 3. The summed E-state index contributed by atoms with van der Waals surface area (Å²) in [5.41, 5.74) is 4.53. The number of aliphatic imine (C=N–C) groups is 1. The number of aromatic nitrogens is 1. The molecule has 0 bridgehead atoms. The van der Waals surface area contributed by atoms with E-state index in [0.717, 1.165) is 35.2 Å². The molecule has 1 amide bonds. The van der Waals surface area contributed by atoms with Gasteiger partial charge < -0.3 is 4.74 Å². The average Bonchev–Trinajstić information content (AvgIpc) is 3.41. The second kappa shape index (κ2) is 9.28. The van der Waals surface area contributed by atoms with Crippen molar-refractivity contribution in [1.82, 2.24) is 4.98 Å². The summed E-state index contributed by atoms with van der Waals surface area (Å²) in [5.74, 6) is -0.364. The Bertz CT molecular complexity index is 1210. The van der Waals surface area contributed by atoms with E-state index in [1.54, 1.807) is 11.0 Å². The van der Waals surface area contributed by atoms with Crippen LogP contribution in [0.25, 0.3) is 6.08 Å². The fraction of sp³-hybridized carbons (Fsp3) is 0.200. The lowest BCUT2D eigenvalue weighted by atomic mass is 10.0. The van der Waals surface area contributed by atoms with Crippen molar-refractivity contribution in [2.45, 2.75) is 33.6 Å². The first kappa shape index (κ1) is 21.6. The van der Waals surface area contributed by atoms with E-state index in [0.29, 0.717) is 10.8 Å². The summed E-state index contributed by atoms with van der Waals surface area (Å²) in [6, 6.07) is 15.4. The molecule has 1 aliphatic heterocycles. The van der Waals surface area contributed by atoms with Gasteiger partial charge in [0.1, 0.15) is 0 Å². The molecule has 0 unspecified atom stereocenters. The zero-order chi connectivity index (χ0) is 22.7. The zero-order valence-corrected chi connectivity index (χ0v) is 19.0. The maximum atomic E-state index is 12.7. The second-order valence-electron chi connectivity index (χ2n) is 7.24. The maximum Gasteiger partial charge on any atom is 0.363 e. The van der Waals surface area contributed by atoms with E-state index in [2.05, 4.69) is 23.8 Å². The predicted molar refractivity (Wildman–Crippen MR) is 127 cm³/mol. The van der Waals surface area contributed by atoms with E-state index in [4.69, 9.17) is 4.74 Å². The summed E-state index contributed by atoms with van der Waals surface area (Å²) >= 11 is 1.35. The molecule has 0 atom stereocenters. The smallest absolute Gasteiger partial charge is 0.363 e. The van der Waals surface area contributed by atoms with E-state index in [-0.39, 0.29) is 17.5 Å². The summed E-state index contributed by atoms with van der Waals surface area (Å²) in [4.78, 5) is 35.6. The fourth-order valence-electron chi connectivity index (χ4n) is 3.59. The highest BCUT2D eigenvalue weighted by molar-refractivity contribution is 7.14. The molecule has 7 heteroatoms. The Morgan fingerprint density at radius 1 is 1.06 bits per heavy atom. The van der Waals surface area contributed by atoms with Crippen LogP contribution in [0.1, 0.15) is 43.2 Å². The number of anilines is 2. The summed E-state index contributed by atoms with van der Waals surface area (Å²) in [7, 11) is 0. The largest absolute Gasteiger partial charge is 0.402 e. The monoisotopic (exact) mass is 445 g/mol. The Morgan fingerprint density at radius 3 is 2.38 bits per heavy atom. The van der Waals surface area contributed by atoms with Gasteiger partial charge in [0.25, 0.3) is 0 Å². The molecule has 3 aromatic rings. The maximum absolute atomic E-state index is 12.7. The fourth-order valence-corrected chi connectivity index (χ4v) is 4.42. The lowest BCUT2D eigenvalue weighted by Gasteiger charge is -2.24. The van der Waals surface area contributed by atoms with Crippen LogP contribution in [0.15, 0.2) is 64.6 Å². The van der Waals surface area contributed by atoms with Gasteiger partial charge in [-0.1, -0.05) is 50.2 Å². The second-order valence-corrected chi connectivity index (χ2v) is 8.08. The third-order valence-electron chi connectivity index (χ3n) is 5.13. The number of hydrogen-bond donors (Lipinski definition) is 0. The van der Waals surface area contributed by atoms with Gasteiger partial charge in [0, 0.05) is 17.9 Å². The van der Waals surface area contributed by atoms with Crippen molar-refractivity contribution in [2.75, 3.05) is 4.90 Å². The molecule has 1 aromatic heterocycles. The Balaban J connectivity index is 1.70. The Kier molecular flexibility index (Phi) is 6.28. The first-order valence-corrected chi connectivity index (χ1v) is 11.3. The number of ether oxygens (including phenoxy) is 1. The molecule has 0 fully saturated rings. The summed E-state index contributed by atoms with van der Waals surface area (Å²) in [5, 5.41) is 2.36. The van der Waals surface area contributed by atoms with Crippen molar-refractivity contribution in [3.63, 3.8) is 0 Å². The molecule has 0 aliphatic carbocycles. The van der Waals surface area contributed by atoms with Crippen molar-refractivity contribution in [3.05, 3.63) is 82.0 Å². The van der Waals surface area contributed by atoms with Crippen LogP contribution >= 0.6 is 11.3 Å². The summed E-state index contributed by atoms with van der Waals surface area (Å²) < 4.78 is 5.31. The molecule has 6 nitrogen and oxygen atoms in total. The molecule has 2 aromatic carbocycles. The van der Waals surface area contributed by atoms with Gasteiger partial charge in [0.05, 0.1) is 11.4 Å². The first-order valence-electron chi connectivity index (χ1n) is 10.5. The van der Waals surface area contributed by atoms with Crippen molar-refractivity contribution >= 4 is 46.0 Å². The molecule has 4 rings (SSSR count). The number of hydrogen-bond acceptors (Lipinski definition) is 6. The standard InChI is InChI=1S/C25H23N3O3S/c1-4-17-12-9-13-18(5-2)22(17)28(16(3)29)25-26-20(15-32-25)14-21-24(30)31-23(27-21)19-10-7-6-8-11-19/h6-15H,4-5H2,1-3H3. The van der Waals surface area contributed by atoms with E-state index < -0.39 is 5.97 Å². The van der Waals surface area contributed by atoms with Crippen LogP contribution in [0.2, 0.25) is 0 Å². The molecule has 162 valence electrons. The van der Waals surface area contributed by atoms with Crippen molar-refractivity contribution < 1.29 is 14.3 Å². The van der Waals surface area contributed by atoms with Crippen molar-refractivity contribution in [3.8, 4) is 0 Å². The van der Waals surface area contributed by atoms with Crippen molar-refractivity contribution in [1.29, 1.82) is 0 Å². The van der Waals surface area contributed by atoms with E-state index in [1.165, 1.54) is 18.3 Å². The SMILES string of the molecule is CCc1cccc(CC)c1N(C(C)=O)c1nc(C=C2N=C(c3ccccc3)OC2=O)cs1. The summed E-state index contributed by atoms with van der Waals surface area (Å²) in [6.07, 6.45) is 3.19. The molecular formula is C25H23N3O3S. The van der Waals surface area contributed by atoms with Gasteiger partial charge in [0.15, 0.2) is 10.8 Å². The Morgan fingerprint density at radius 2 is 1.75 bits per heavy atom. The normalized spacial score (nSPS) is 14.4. The number of esters is 1. The first-order chi connectivity index (χ1) is 15.5. The summed E-state index contributed by atoms with van der Waals surface area (Å²) in [6.45, 7) is 5.68. The van der Waals surface area contributed by atoms with Crippen LogP contribution < -0.4 is 4.90 Å². The molecule has 0 N–H and O–H groups in total. The number of aryl methyl sites for hydroxylation is 2. The lowest BCUT2D eigenvalue weighted by molar-refractivity contribution is -0.130. The molecule has 0 radical (unpaired) electrons. The quantitative estimate of drug-likeness (QED) is 0.381. The van der Waals surface area contributed by atoms with Gasteiger partial charge in [-0.05, 0) is 42.2 Å². The number of amides is 1. The molecule has 1 aliphatic rings. The number of para-hydroxylation sites is 1.